The zero-order valence-corrected chi connectivity index (χ0v) is 10.6. The van der Waals surface area contributed by atoms with E-state index in [1.165, 1.54) is 12.8 Å². The maximum Gasteiger partial charge on any atom is 0.234 e. The molecule has 0 aromatic carbocycles. The molecule has 1 atom stereocenters. The van der Waals surface area contributed by atoms with Gasteiger partial charge in [0.25, 0.3) is 0 Å². The number of carbonyl (C=O) groups is 1. The maximum atomic E-state index is 11.5. The molecule has 1 aliphatic rings. The van der Waals surface area contributed by atoms with Crippen molar-refractivity contribution in [1.29, 1.82) is 0 Å². The Bertz CT molecular complexity index is 227. The summed E-state index contributed by atoms with van der Waals surface area (Å²) in [5.74, 6) is 0.316. The normalized spacial score (nSPS) is 17.9. The summed E-state index contributed by atoms with van der Waals surface area (Å²) in [6, 6.07) is 0.618. The van der Waals surface area contributed by atoms with Crippen LogP contribution in [-0.4, -0.2) is 48.2 Å². The van der Waals surface area contributed by atoms with Crippen molar-refractivity contribution in [2.24, 2.45) is 5.92 Å². The van der Waals surface area contributed by atoms with Crippen molar-refractivity contribution in [3.05, 3.63) is 0 Å². The van der Waals surface area contributed by atoms with E-state index in [-0.39, 0.29) is 17.9 Å². The van der Waals surface area contributed by atoms with Crippen LogP contribution in [0.1, 0.15) is 33.1 Å². The van der Waals surface area contributed by atoms with Crippen LogP contribution in [0.2, 0.25) is 0 Å². The van der Waals surface area contributed by atoms with Gasteiger partial charge in [0.2, 0.25) is 5.91 Å². The molecule has 1 fully saturated rings. The van der Waals surface area contributed by atoms with Crippen molar-refractivity contribution in [2.45, 2.75) is 45.3 Å². The van der Waals surface area contributed by atoms with Crippen LogP contribution >= 0.6 is 0 Å². The standard InChI is InChI=1S/C12H24N2O2/c1-9(2)11(15)6-7-13-12(16)8-14(3)10-4-5-10/h9-11,15H,4-8H2,1-3H3,(H,13,16). The number of hydrogen-bond acceptors (Lipinski definition) is 3. The van der Waals surface area contributed by atoms with Gasteiger partial charge in [0, 0.05) is 12.6 Å². The summed E-state index contributed by atoms with van der Waals surface area (Å²) in [6.07, 6.45) is 2.75. The molecule has 4 nitrogen and oxygen atoms in total. The highest BCUT2D eigenvalue weighted by molar-refractivity contribution is 5.78. The van der Waals surface area contributed by atoms with Crippen molar-refractivity contribution in [3.63, 3.8) is 0 Å². The van der Waals surface area contributed by atoms with Gasteiger partial charge in [-0.2, -0.15) is 0 Å². The minimum absolute atomic E-state index is 0.0605. The summed E-state index contributed by atoms with van der Waals surface area (Å²) in [4.78, 5) is 13.6. The van der Waals surface area contributed by atoms with Crippen molar-refractivity contribution >= 4 is 5.91 Å². The predicted octanol–water partition coefficient (Wildman–Crippen LogP) is 0.604. The Hall–Kier alpha value is -0.610. The molecule has 1 aliphatic carbocycles. The van der Waals surface area contributed by atoms with E-state index in [2.05, 4.69) is 10.2 Å². The Kier molecular flexibility index (Phi) is 5.22. The lowest BCUT2D eigenvalue weighted by Gasteiger charge is -2.17. The molecule has 0 spiro atoms. The van der Waals surface area contributed by atoms with Crippen LogP contribution < -0.4 is 5.32 Å². The number of likely N-dealkylation sites (N-methyl/N-ethyl adjacent to an activating group) is 1. The van der Waals surface area contributed by atoms with Crippen LogP contribution in [-0.2, 0) is 4.79 Å². The molecular formula is C12H24N2O2. The number of carbonyl (C=O) groups excluding carboxylic acids is 1. The number of hydrogen-bond donors (Lipinski definition) is 2. The first-order valence-electron chi connectivity index (χ1n) is 6.15. The zero-order chi connectivity index (χ0) is 12.1. The second-order valence-corrected chi connectivity index (χ2v) is 5.10. The largest absolute Gasteiger partial charge is 0.393 e. The van der Waals surface area contributed by atoms with Crippen LogP contribution in [0.25, 0.3) is 0 Å². The molecule has 0 bridgehead atoms. The highest BCUT2D eigenvalue weighted by atomic mass is 16.3. The molecule has 1 rings (SSSR count). The molecule has 2 N–H and O–H groups in total. The molecule has 0 aromatic rings. The summed E-state index contributed by atoms with van der Waals surface area (Å²) in [5.41, 5.74) is 0. The third-order valence-electron chi connectivity index (χ3n) is 3.10. The lowest BCUT2D eigenvalue weighted by molar-refractivity contribution is -0.122. The molecule has 4 heteroatoms. The second kappa shape index (κ2) is 6.21. The summed E-state index contributed by atoms with van der Waals surface area (Å²) < 4.78 is 0. The average molecular weight is 228 g/mol. The fourth-order valence-corrected chi connectivity index (χ4v) is 1.62. The molecule has 0 radical (unpaired) electrons. The van der Waals surface area contributed by atoms with E-state index in [1.807, 2.05) is 20.9 Å². The number of aliphatic hydroxyl groups is 1. The minimum Gasteiger partial charge on any atom is -0.393 e. The van der Waals surface area contributed by atoms with Crippen LogP contribution in [0.5, 0.6) is 0 Å². The van der Waals surface area contributed by atoms with Crippen LogP contribution in [0.3, 0.4) is 0 Å². The van der Waals surface area contributed by atoms with Gasteiger partial charge in [-0.05, 0) is 32.2 Å². The van der Waals surface area contributed by atoms with Crippen molar-refractivity contribution in [3.8, 4) is 0 Å². The van der Waals surface area contributed by atoms with E-state index < -0.39 is 0 Å². The quantitative estimate of drug-likeness (QED) is 0.671. The van der Waals surface area contributed by atoms with Gasteiger partial charge in [-0.15, -0.1) is 0 Å². The summed E-state index contributed by atoms with van der Waals surface area (Å²) in [6.45, 7) is 5.00. The maximum absolute atomic E-state index is 11.5. The smallest absolute Gasteiger partial charge is 0.234 e. The van der Waals surface area contributed by atoms with Crippen molar-refractivity contribution in [2.75, 3.05) is 20.1 Å². The Morgan fingerprint density at radius 1 is 1.50 bits per heavy atom. The topological polar surface area (TPSA) is 52.6 Å². The van der Waals surface area contributed by atoms with Gasteiger partial charge in [-0.3, -0.25) is 9.69 Å². The molecule has 0 heterocycles. The highest BCUT2D eigenvalue weighted by Gasteiger charge is 2.27. The van der Waals surface area contributed by atoms with Crippen molar-refractivity contribution in [1.82, 2.24) is 10.2 Å². The monoisotopic (exact) mass is 228 g/mol. The van der Waals surface area contributed by atoms with Gasteiger partial charge in [-0.1, -0.05) is 13.8 Å². The first-order chi connectivity index (χ1) is 7.50. The number of amides is 1. The number of nitrogens with one attached hydrogen (secondary N) is 1. The molecule has 0 saturated heterocycles. The molecule has 1 saturated carbocycles. The van der Waals surface area contributed by atoms with Crippen molar-refractivity contribution < 1.29 is 9.90 Å². The van der Waals surface area contributed by atoms with E-state index >= 15 is 0 Å². The molecular weight excluding hydrogens is 204 g/mol. The summed E-state index contributed by atoms with van der Waals surface area (Å²) >= 11 is 0. The van der Waals surface area contributed by atoms with Gasteiger partial charge >= 0.3 is 0 Å². The van der Waals surface area contributed by atoms with Crippen LogP contribution in [0, 0.1) is 5.92 Å². The van der Waals surface area contributed by atoms with E-state index in [4.69, 9.17) is 0 Å². The first kappa shape index (κ1) is 13.5. The SMILES string of the molecule is CC(C)C(O)CCNC(=O)CN(C)C1CC1. The van der Waals surface area contributed by atoms with Gasteiger partial charge in [0.15, 0.2) is 0 Å². The fraction of sp³-hybridized carbons (Fsp3) is 0.917. The lowest BCUT2D eigenvalue weighted by atomic mass is 10.0. The fourth-order valence-electron chi connectivity index (χ4n) is 1.62. The van der Waals surface area contributed by atoms with Gasteiger partial charge < -0.3 is 10.4 Å². The molecule has 0 aliphatic heterocycles. The third kappa shape index (κ3) is 4.94. The Labute approximate surface area is 98.0 Å². The lowest BCUT2D eigenvalue weighted by Crippen LogP contribution is -2.37. The molecule has 94 valence electrons. The number of nitrogens with zero attached hydrogens (tertiary/aromatic N) is 1. The van der Waals surface area contributed by atoms with Crippen LogP contribution in [0.15, 0.2) is 0 Å². The Morgan fingerprint density at radius 2 is 2.12 bits per heavy atom. The minimum atomic E-state index is -0.318. The summed E-state index contributed by atoms with van der Waals surface area (Å²) in [5, 5.41) is 12.4. The molecule has 1 unspecified atom stereocenters. The summed E-state index contributed by atoms with van der Waals surface area (Å²) in [7, 11) is 1.99. The number of rotatable bonds is 7. The van der Waals surface area contributed by atoms with E-state index in [0.717, 1.165) is 0 Å². The van der Waals surface area contributed by atoms with E-state index in [9.17, 15) is 9.90 Å². The average Bonchev–Trinajstić information content (AvgIpc) is 3.00. The Balaban J connectivity index is 2.05. The van der Waals surface area contributed by atoms with Crippen LogP contribution in [0.4, 0.5) is 0 Å². The predicted molar refractivity (Wildman–Crippen MR) is 64.1 cm³/mol. The van der Waals surface area contributed by atoms with E-state index in [1.54, 1.807) is 0 Å². The number of aliphatic hydroxyl groups excluding tert-OH is 1. The highest BCUT2D eigenvalue weighted by Crippen LogP contribution is 2.24. The second-order valence-electron chi connectivity index (χ2n) is 5.10. The zero-order valence-electron chi connectivity index (χ0n) is 10.6. The van der Waals surface area contributed by atoms with Gasteiger partial charge in [0.1, 0.15) is 0 Å². The molecule has 1 amide bonds. The molecule has 0 aromatic heterocycles. The van der Waals surface area contributed by atoms with E-state index in [0.29, 0.717) is 25.6 Å². The van der Waals surface area contributed by atoms with Gasteiger partial charge in [0.05, 0.1) is 12.6 Å². The Morgan fingerprint density at radius 3 is 2.62 bits per heavy atom. The molecule has 16 heavy (non-hydrogen) atoms. The first-order valence-corrected chi connectivity index (χ1v) is 6.15. The third-order valence-corrected chi connectivity index (χ3v) is 3.10. The van der Waals surface area contributed by atoms with Gasteiger partial charge in [-0.25, -0.2) is 0 Å².